The number of carbonyl (C=O) groups is 1. The van der Waals surface area contributed by atoms with Crippen LogP contribution in [0.4, 0.5) is 5.82 Å². The molecular weight excluding hydrogens is 430 g/mol. The maximum atomic E-state index is 13.0. The number of rotatable bonds is 4. The summed E-state index contributed by atoms with van der Waals surface area (Å²) in [5, 5.41) is 8.17. The topological polar surface area (TPSA) is 64.0 Å². The monoisotopic (exact) mass is 447 g/mol. The Balaban J connectivity index is 1.47. The quantitative estimate of drug-likeness (QED) is 0.467. The SMILES string of the molecule is O=C(Nc1c2c(nn1-c1cccc(Cl)c1)CS(=O)C2)c1ccc(-c2ccccc2)cc1. The summed E-state index contributed by atoms with van der Waals surface area (Å²) in [5.41, 5.74) is 4.96. The fourth-order valence-electron chi connectivity index (χ4n) is 3.68. The third-order valence-electron chi connectivity index (χ3n) is 5.21. The van der Waals surface area contributed by atoms with Crippen molar-refractivity contribution in [1.29, 1.82) is 0 Å². The van der Waals surface area contributed by atoms with E-state index in [9.17, 15) is 9.00 Å². The first-order valence-corrected chi connectivity index (χ1v) is 11.6. The summed E-state index contributed by atoms with van der Waals surface area (Å²) in [6, 6.07) is 24.7. The number of fused-ring (bicyclic) bond motifs is 1. The molecule has 1 atom stereocenters. The van der Waals surface area contributed by atoms with Crippen LogP contribution in [-0.2, 0) is 22.3 Å². The lowest BCUT2D eigenvalue weighted by molar-refractivity contribution is 0.102. The largest absolute Gasteiger partial charge is 0.306 e. The Morgan fingerprint density at radius 3 is 2.42 bits per heavy atom. The van der Waals surface area contributed by atoms with Crippen molar-refractivity contribution in [3.8, 4) is 16.8 Å². The Kier molecular flexibility index (Phi) is 5.18. The number of nitrogens with zero attached hydrogens (tertiary/aromatic N) is 2. The zero-order chi connectivity index (χ0) is 21.4. The van der Waals surface area contributed by atoms with Gasteiger partial charge in [-0.1, -0.05) is 60.1 Å². The smallest absolute Gasteiger partial charge is 0.256 e. The molecule has 7 heteroatoms. The first-order chi connectivity index (χ1) is 15.1. The Morgan fingerprint density at radius 2 is 1.68 bits per heavy atom. The molecule has 5 rings (SSSR count). The molecular formula is C24H18ClN3O2S. The van der Waals surface area contributed by atoms with E-state index in [1.54, 1.807) is 28.9 Å². The van der Waals surface area contributed by atoms with Crippen molar-refractivity contribution in [2.75, 3.05) is 5.32 Å². The van der Waals surface area contributed by atoms with Crippen LogP contribution < -0.4 is 5.32 Å². The lowest BCUT2D eigenvalue weighted by atomic mass is 10.0. The van der Waals surface area contributed by atoms with Crippen LogP contribution in [0.3, 0.4) is 0 Å². The maximum Gasteiger partial charge on any atom is 0.256 e. The van der Waals surface area contributed by atoms with Gasteiger partial charge in [0.1, 0.15) is 5.82 Å². The van der Waals surface area contributed by atoms with Crippen molar-refractivity contribution in [2.45, 2.75) is 11.5 Å². The molecule has 1 aliphatic rings. The highest BCUT2D eigenvalue weighted by Crippen LogP contribution is 2.32. The van der Waals surface area contributed by atoms with Crippen LogP contribution in [0.15, 0.2) is 78.9 Å². The van der Waals surface area contributed by atoms with Gasteiger partial charge in [-0.15, -0.1) is 0 Å². The summed E-state index contributed by atoms with van der Waals surface area (Å²) in [5.74, 6) is 1.05. The third kappa shape index (κ3) is 3.92. The van der Waals surface area contributed by atoms with E-state index in [2.05, 4.69) is 10.4 Å². The molecule has 154 valence electrons. The minimum absolute atomic E-state index is 0.247. The number of anilines is 1. The second kappa shape index (κ2) is 8.13. The normalized spacial score (nSPS) is 14.9. The number of hydrogen-bond acceptors (Lipinski definition) is 3. The molecule has 0 fully saturated rings. The van der Waals surface area contributed by atoms with Crippen LogP contribution in [-0.4, -0.2) is 19.9 Å². The zero-order valence-electron chi connectivity index (χ0n) is 16.4. The highest BCUT2D eigenvalue weighted by molar-refractivity contribution is 7.83. The number of hydrogen-bond donors (Lipinski definition) is 1. The molecule has 1 unspecified atom stereocenters. The number of amides is 1. The molecule has 4 aromatic rings. The Morgan fingerprint density at radius 1 is 0.935 bits per heavy atom. The standard InChI is InChI=1S/C24H18ClN3O2S/c25-19-7-4-8-20(13-19)28-23(21-14-31(30)15-22(21)27-28)26-24(29)18-11-9-17(10-12-18)16-5-2-1-3-6-16/h1-13H,14-15H2,(H,26,29). The minimum atomic E-state index is -1.00. The van der Waals surface area contributed by atoms with Gasteiger partial charge >= 0.3 is 0 Å². The lowest BCUT2D eigenvalue weighted by Crippen LogP contribution is -2.16. The maximum absolute atomic E-state index is 13.0. The highest BCUT2D eigenvalue weighted by atomic mass is 35.5. The van der Waals surface area contributed by atoms with E-state index < -0.39 is 10.8 Å². The minimum Gasteiger partial charge on any atom is -0.306 e. The van der Waals surface area contributed by atoms with Crippen molar-refractivity contribution in [3.05, 3.63) is 101 Å². The number of benzene rings is 3. The summed E-state index contributed by atoms with van der Waals surface area (Å²) in [6.07, 6.45) is 0. The van der Waals surface area contributed by atoms with Gasteiger partial charge < -0.3 is 5.32 Å². The molecule has 0 spiro atoms. The molecule has 0 saturated heterocycles. The second-order valence-corrected chi connectivity index (χ2v) is 9.18. The highest BCUT2D eigenvalue weighted by Gasteiger charge is 2.28. The summed E-state index contributed by atoms with van der Waals surface area (Å²) in [6.45, 7) is 0. The van der Waals surface area contributed by atoms with E-state index in [0.717, 1.165) is 28.1 Å². The number of aromatic nitrogens is 2. The van der Waals surface area contributed by atoms with Gasteiger partial charge in [0, 0.05) is 26.9 Å². The van der Waals surface area contributed by atoms with Gasteiger partial charge in [0.15, 0.2) is 0 Å². The van der Waals surface area contributed by atoms with E-state index in [-0.39, 0.29) is 5.91 Å². The van der Waals surface area contributed by atoms with E-state index in [1.165, 1.54) is 0 Å². The van der Waals surface area contributed by atoms with Crippen LogP contribution >= 0.6 is 11.6 Å². The Hall–Kier alpha value is -3.22. The van der Waals surface area contributed by atoms with Crippen molar-refractivity contribution >= 4 is 34.1 Å². The van der Waals surface area contributed by atoms with E-state index in [4.69, 9.17) is 11.6 Å². The van der Waals surface area contributed by atoms with Crippen molar-refractivity contribution < 1.29 is 9.00 Å². The van der Waals surface area contributed by atoms with Crippen LogP contribution in [0.2, 0.25) is 5.02 Å². The van der Waals surface area contributed by atoms with Crippen molar-refractivity contribution in [3.63, 3.8) is 0 Å². The molecule has 0 radical (unpaired) electrons. The first kappa shape index (κ1) is 19.7. The molecule has 5 nitrogen and oxygen atoms in total. The fourth-order valence-corrected chi connectivity index (χ4v) is 5.12. The first-order valence-electron chi connectivity index (χ1n) is 9.77. The van der Waals surface area contributed by atoms with Gasteiger partial charge in [0.2, 0.25) is 0 Å². The van der Waals surface area contributed by atoms with Crippen molar-refractivity contribution in [2.24, 2.45) is 0 Å². The van der Waals surface area contributed by atoms with Crippen LogP contribution in [0.1, 0.15) is 21.6 Å². The second-order valence-electron chi connectivity index (χ2n) is 7.29. The van der Waals surface area contributed by atoms with Gasteiger partial charge in [-0.25, -0.2) is 4.68 Å². The zero-order valence-corrected chi connectivity index (χ0v) is 18.0. The average Bonchev–Trinajstić information content (AvgIpc) is 3.31. The molecule has 1 aromatic heterocycles. The van der Waals surface area contributed by atoms with E-state index >= 15 is 0 Å². The Labute approximate surface area is 187 Å². The molecule has 2 heterocycles. The van der Waals surface area contributed by atoms with Gasteiger partial charge in [-0.3, -0.25) is 9.00 Å². The molecule has 0 saturated carbocycles. The number of carbonyl (C=O) groups excluding carboxylic acids is 1. The summed E-state index contributed by atoms with van der Waals surface area (Å²) in [7, 11) is -1.00. The van der Waals surface area contributed by atoms with Crippen LogP contribution in [0.25, 0.3) is 16.8 Å². The number of nitrogens with one attached hydrogen (secondary N) is 1. The van der Waals surface area contributed by atoms with Crippen molar-refractivity contribution in [1.82, 2.24) is 9.78 Å². The predicted molar refractivity (Wildman–Crippen MR) is 124 cm³/mol. The molecule has 0 aliphatic carbocycles. The van der Waals surface area contributed by atoms with Crippen LogP contribution in [0, 0.1) is 0 Å². The summed E-state index contributed by atoms with van der Waals surface area (Å²) >= 11 is 6.15. The Bertz CT molecular complexity index is 1300. The predicted octanol–water partition coefficient (Wildman–Crippen LogP) is 5.21. The molecule has 0 bridgehead atoms. The third-order valence-corrected chi connectivity index (χ3v) is 6.65. The molecule has 31 heavy (non-hydrogen) atoms. The number of halogens is 1. The lowest BCUT2D eigenvalue weighted by Gasteiger charge is -2.12. The molecule has 1 N–H and O–H groups in total. The van der Waals surface area contributed by atoms with Gasteiger partial charge in [0.25, 0.3) is 5.91 Å². The average molecular weight is 448 g/mol. The van der Waals surface area contributed by atoms with E-state index in [1.807, 2.05) is 54.6 Å². The summed E-state index contributed by atoms with van der Waals surface area (Å²) in [4.78, 5) is 13.0. The van der Waals surface area contributed by atoms with Gasteiger partial charge in [0.05, 0.1) is 22.9 Å². The molecule has 1 aliphatic heterocycles. The van der Waals surface area contributed by atoms with Gasteiger partial charge in [-0.2, -0.15) is 5.10 Å². The van der Waals surface area contributed by atoms with Gasteiger partial charge in [-0.05, 0) is 41.5 Å². The molecule has 1 amide bonds. The van der Waals surface area contributed by atoms with E-state index in [0.29, 0.717) is 27.9 Å². The summed E-state index contributed by atoms with van der Waals surface area (Å²) < 4.78 is 13.7. The fraction of sp³-hybridized carbons (Fsp3) is 0.0833. The van der Waals surface area contributed by atoms with Crippen LogP contribution in [0.5, 0.6) is 0 Å². The molecule has 3 aromatic carbocycles.